The molecule has 8 heteroatoms. The Morgan fingerprint density at radius 2 is 1.88 bits per heavy atom. The molecule has 2 aliphatic rings. The van der Waals surface area contributed by atoms with E-state index in [-0.39, 0.29) is 12.6 Å². The summed E-state index contributed by atoms with van der Waals surface area (Å²) in [5.74, 6) is 0.686. The summed E-state index contributed by atoms with van der Waals surface area (Å²) < 4.78 is 44.5. The number of carbonyl (C=O) groups is 1. The monoisotopic (exact) mass is 455 g/mol. The van der Waals surface area contributed by atoms with Crippen molar-refractivity contribution in [3.05, 3.63) is 70.9 Å². The summed E-state index contributed by atoms with van der Waals surface area (Å²) in [5.41, 5.74) is 3.42. The number of aromatic amines is 1. The predicted molar refractivity (Wildman–Crippen MR) is 116 cm³/mol. The van der Waals surface area contributed by atoms with E-state index in [0.29, 0.717) is 23.0 Å². The van der Waals surface area contributed by atoms with E-state index >= 15 is 0 Å². The zero-order valence-electron chi connectivity index (χ0n) is 17.9. The van der Waals surface area contributed by atoms with Gasteiger partial charge in [0.1, 0.15) is 18.6 Å². The second kappa shape index (κ2) is 8.67. The van der Waals surface area contributed by atoms with E-state index in [2.05, 4.69) is 15.1 Å². The third-order valence-corrected chi connectivity index (χ3v) is 6.68. The number of aromatic nitrogens is 2. The molecule has 1 fully saturated rings. The predicted octanol–water partition coefficient (Wildman–Crippen LogP) is 5.67. The average Bonchev–Trinajstić information content (AvgIpc) is 3.56. The Morgan fingerprint density at radius 3 is 2.58 bits per heavy atom. The topological polar surface area (TPSA) is 58.2 Å². The van der Waals surface area contributed by atoms with Gasteiger partial charge >= 0.3 is 6.18 Å². The van der Waals surface area contributed by atoms with Crippen molar-refractivity contribution in [3.8, 4) is 17.0 Å². The van der Waals surface area contributed by atoms with E-state index in [1.54, 1.807) is 6.20 Å². The van der Waals surface area contributed by atoms with Crippen LogP contribution in [0.15, 0.2) is 48.7 Å². The van der Waals surface area contributed by atoms with Crippen molar-refractivity contribution in [3.63, 3.8) is 0 Å². The minimum absolute atomic E-state index is 0.197. The van der Waals surface area contributed by atoms with Crippen LogP contribution < -0.4 is 4.74 Å². The molecule has 3 aromatic rings. The number of alkyl halides is 3. The van der Waals surface area contributed by atoms with E-state index in [1.807, 2.05) is 18.2 Å². The number of nitrogens with one attached hydrogen (secondary N) is 1. The van der Waals surface area contributed by atoms with Crippen molar-refractivity contribution in [1.82, 2.24) is 15.1 Å². The van der Waals surface area contributed by atoms with Crippen LogP contribution >= 0.6 is 0 Å². The fourth-order valence-electron chi connectivity index (χ4n) is 4.97. The van der Waals surface area contributed by atoms with Gasteiger partial charge in [-0.25, -0.2) is 0 Å². The Balaban J connectivity index is 1.30. The molecule has 1 unspecified atom stereocenters. The molecule has 1 aromatic heterocycles. The van der Waals surface area contributed by atoms with Crippen LogP contribution in [0.1, 0.15) is 54.0 Å². The van der Waals surface area contributed by atoms with Gasteiger partial charge in [0.15, 0.2) is 0 Å². The highest BCUT2D eigenvalue weighted by Gasteiger charge is 2.36. The number of nitrogens with zero attached hydrogens (tertiary/aromatic N) is 2. The highest BCUT2D eigenvalue weighted by Crippen LogP contribution is 2.40. The van der Waals surface area contributed by atoms with Crippen molar-refractivity contribution in [2.24, 2.45) is 0 Å². The average molecular weight is 455 g/mol. The number of aldehydes is 1. The number of benzene rings is 2. The zero-order chi connectivity index (χ0) is 23.0. The van der Waals surface area contributed by atoms with E-state index in [1.165, 1.54) is 25.0 Å². The lowest BCUT2D eigenvalue weighted by Gasteiger charge is -2.27. The van der Waals surface area contributed by atoms with Gasteiger partial charge in [0.05, 0.1) is 23.5 Å². The first-order chi connectivity index (χ1) is 15.9. The third-order valence-electron chi connectivity index (χ3n) is 6.68. The molecule has 1 atom stereocenters. The Bertz CT molecular complexity index is 1130. The molecule has 0 amide bonds. The van der Waals surface area contributed by atoms with Gasteiger partial charge < -0.3 is 9.53 Å². The smallest absolute Gasteiger partial charge is 0.416 e. The number of rotatable bonds is 6. The van der Waals surface area contributed by atoms with Gasteiger partial charge in [-0.1, -0.05) is 31.0 Å². The molecular formula is C25H24F3N3O2. The summed E-state index contributed by atoms with van der Waals surface area (Å²) in [6.45, 7) is 0.957. The summed E-state index contributed by atoms with van der Waals surface area (Å²) in [7, 11) is 0. The fourth-order valence-corrected chi connectivity index (χ4v) is 4.97. The first-order valence-electron chi connectivity index (χ1n) is 11.1. The van der Waals surface area contributed by atoms with Crippen LogP contribution in [0.5, 0.6) is 5.75 Å². The second-order valence-electron chi connectivity index (χ2n) is 8.69. The summed E-state index contributed by atoms with van der Waals surface area (Å²) in [6, 6.07) is 11.0. The van der Waals surface area contributed by atoms with Crippen molar-refractivity contribution in [2.45, 2.75) is 57.1 Å². The van der Waals surface area contributed by atoms with E-state index in [0.717, 1.165) is 54.5 Å². The van der Waals surface area contributed by atoms with Gasteiger partial charge in [-0.15, -0.1) is 0 Å². The lowest BCUT2D eigenvalue weighted by atomic mass is 10.0. The lowest BCUT2D eigenvalue weighted by Crippen LogP contribution is -2.32. The molecule has 1 saturated carbocycles. The summed E-state index contributed by atoms with van der Waals surface area (Å²) in [4.78, 5) is 14.1. The molecule has 0 radical (unpaired) electrons. The maximum Gasteiger partial charge on any atom is 0.416 e. The van der Waals surface area contributed by atoms with Crippen molar-refractivity contribution >= 4 is 6.29 Å². The number of carbonyl (C=O) groups excluding carboxylic acids is 1. The van der Waals surface area contributed by atoms with Crippen LogP contribution in [0.3, 0.4) is 0 Å². The van der Waals surface area contributed by atoms with Gasteiger partial charge in [0.2, 0.25) is 0 Å². The molecule has 5 rings (SSSR count). The molecule has 172 valence electrons. The Kier molecular flexibility index (Phi) is 5.70. The Labute approximate surface area is 189 Å². The maximum absolute atomic E-state index is 12.8. The molecule has 33 heavy (non-hydrogen) atoms. The van der Waals surface area contributed by atoms with Crippen molar-refractivity contribution in [1.29, 1.82) is 0 Å². The minimum atomic E-state index is -4.37. The van der Waals surface area contributed by atoms with Crippen molar-refractivity contribution < 1.29 is 22.7 Å². The summed E-state index contributed by atoms with van der Waals surface area (Å²) in [5, 5.41) is 6.89. The van der Waals surface area contributed by atoms with Crippen LogP contribution in [0.25, 0.3) is 11.3 Å². The van der Waals surface area contributed by atoms with Crippen LogP contribution in [0.4, 0.5) is 13.2 Å². The molecule has 1 aliphatic carbocycles. The molecule has 0 bridgehead atoms. The Morgan fingerprint density at radius 1 is 1.12 bits per heavy atom. The molecule has 1 N–H and O–H groups in total. The molecule has 5 nitrogen and oxygen atoms in total. The van der Waals surface area contributed by atoms with Crippen molar-refractivity contribution in [2.75, 3.05) is 0 Å². The molecule has 2 aromatic carbocycles. The van der Waals surface area contributed by atoms with E-state index < -0.39 is 11.7 Å². The maximum atomic E-state index is 12.8. The number of hydrogen-bond acceptors (Lipinski definition) is 4. The first kappa shape index (κ1) is 21.7. The standard InChI is InChI=1S/C25H24F3N3O2/c26-25(27,28)19-7-5-16(6-8-19)24-18(12-29-30-24)15-33-21-9-10-22-17(11-21)13-31(23(22)14-32)20-3-1-2-4-20/h5-12,14,20,23H,1-4,13,15H2,(H,29,30). The quantitative estimate of drug-likeness (QED) is 0.487. The molecular weight excluding hydrogens is 431 g/mol. The van der Waals surface area contributed by atoms with E-state index in [9.17, 15) is 18.0 Å². The van der Waals surface area contributed by atoms with Gasteiger partial charge in [-0.3, -0.25) is 10.00 Å². The highest BCUT2D eigenvalue weighted by molar-refractivity contribution is 5.65. The molecule has 0 spiro atoms. The SMILES string of the molecule is O=CC1c2ccc(OCc3cn[nH]c3-c3ccc(C(F)(F)F)cc3)cc2CN1C1CCCC1. The van der Waals surface area contributed by atoms with Crippen LogP contribution in [-0.2, 0) is 24.1 Å². The van der Waals surface area contributed by atoms with Gasteiger partial charge in [0.25, 0.3) is 0 Å². The summed E-state index contributed by atoms with van der Waals surface area (Å²) >= 11 is 0. The van der Waals surface area contributed by atoms with Gasteiger partial charge in [-0.05, 0) is 53.8 Å². The molecule has 2 heterocycles. The third kappa shape index (κ3) is 4.27. The van der Waals surface area contributed by atoms with E-state index in [4.69, 9.17) is 4.74 Å². The molecule has 0 saturated heterocycles. The van der Waals surface area contributed by atoms with Crippen LogP contribution in [0.2, 0.25) is 0 Å². The second-order valence-corrected chi connectivity index (χ2v) is 8.69. The zero-order valence-corrected chi connectivity index (χ0v) is 17.9. The normalized spacial score (nSPS) is 19.1. The summed E-state index contributed by atoms with van der Waals surface area (Å²) in [6.07, 6.45) is 2.97. The fraction of sp³-hybridized carbons (Fsp3) is 0.360. The van der Waals surface area contributed by atoms with Crippen LogP contribution in [0, 0.1) is 0 Å². The Hall–Kier alpha value is -3.13. The lowest BCUT2D eigenvalue weighted by molar-refractivity contribution is -0.137. The molecule has 1 aliphatic heterocycles. The number of fused-ring (bicyclic) bond motifs is 1. The number of ether oxygens (including phenoxy) is 1. The number of halogens is 3. The highest BCUT2D eigenvalue weighted by atomic mass is 19.4. The largest absolute Gasteiger partial charge is 0.489 e. The van der Waals surface area contributed by atoms with Crippen LogP contribution in [-0.4, -0.2) is 27.4 Å². The number of hydrogen-bond donors (Lipinski definition) is 1. The minimum Gasteiger partial charge on any atom is -0.489 e. The van der Waals surface area contributed by atoms with Gasteiger partial charge in [0, 0.05) is 18.2 Å². The number of H-pyrrole nitrogens is 1. The van der Waals surface area contributed by atoms with Gasteiger partial charge in [-0.2, -0.15) is 18.3 Å². The first-order valence-corrected chi connectivity index (χ1v) is 11.1.